The number of hydrogen-bond donors (Lipinski definition) is 1. The lowest BCUT2D eigenvalue weighted by Gasteiger charge is -2.21. The number of nitrogens with one attached hydrogen (secondary N) is 1. The molecule has 0 radical (unpaired) electrons. The number of methoxy groups -OCH3 is 1. The topological polar surface area (TPSA) is 88.1 Å². The number of amides is 1. The van der Waals surface area contributed by atoms with Gasteiger partial charge in [-0.1, -0.05) is 41.4 Å². The van der Waals surface area contributed by atoms with E-state index in [4.69, 9.17) is 16.3 Å². The van der Waals surface area contributed by atoms with Crippen LogP contribution in [0.1, 0.15) is 11.1 Å². The van der Waals surface area contributed by atoms with E-state index >= 15 is 0 Å². The second-order valence-electron chi connectivity index (χ2n) is 5.80. The highest BCUT2D eigenvalue weighted by atomic mass is 35.5. The Kier molecular flexibility index (Phi) is 6.81. The van der Waals surface area contributed by atoms with Gasteiger partial charge in [-0.05, 0) is 30.7 Å². The zero-order valence-corrected chi connectivity index (χ0v) is 16.7. The summed E-state index contributed by atoms with van der Waals surface area (Å²) in [5, 5.41) is 4.10. The molecular weight excluding hydrogens is 390 g/mol. The second kappa shape index (κ2) is 8.88. The van der Waals surface area contributed by atoms with Gasteiger partial charge in [-0.25, -0.2) is 13.8 Å². The summed E-state index contributed by atoms with van der Waals surface area (Å²) in [6, 6.07) is 12.0. The van der Waals surface area contributed by atoms with Gasteiger partial charge in [-0.15, -0.1) is 0 Å². The summed E-state index contributed by atoms with van der Waals surface area (Å²) in [6.07, 6.45) is 2.49. The number of anilines is 1. The van der Waals surface area contributed by atoms with Crippen molar-refractivity contribution in [1.29, 1.82) is 0 Å². The van der Waals surface area contributed by atoms with E-state index in [0.29, 0.717) is 5.75 Å². The summed E-state index contributed by atoms with van der Waals surface area (Å²) >= 11 is 6.05. The smallest absolute Gasteiger partial charge is 0.260 e. The molecule has 0 aliphatic carbocycles. The van der Waals surface area contributed by atoms with E-state index in [1.807, 2.05) is 31.2 Å². The fourth-order valence-electron chi connectivity index (χ4n) is 2.31. The van der Waals surface area contributed by atoms with Gasteiger partial charge in [0.25, 0.3) is 5.91 Å². The van der Waals surface area contributed by atoms with Crippen molar-refractivity contribution in [2.24, 2.45) is 5.10 Å². The van der Waals surface area contributed by atoms with Gasteiger partial charge in [-0.2, -0.15) is 5.10 Å². The van der Waals surface area contributed by atoms with Gasteiger partial charge in [0.1, 0.15) is 12.3 Å². The number of ether oxygens (including phenoxy) is 1. The first kappa shape index (κ1) is 20.7. The molecular formula is C18H20ClN3O4S. The zero-order chi connectivity index (χ0) is 20.0. The number of hydrogen-bond acceptors (Lipinski definition) is 5. The minimum atomic E-state index is -3.71. The Balaban J connectivity index is 2.12. The molecule has 144 valence electrons. The quantitative estimate of drug-likeness (QED) is 0.562. The Labute approximate surface area is 163 Å². The summed E-state index contributed by atoms with van der Waals surface area (Å²) in [7, 11) is -2.26. The number of rotatable bonds is 7. The van der Waals surface area contributed by atoms with Crippen molar-refractivity contribution in [3.8, 4) is 5.75 Å². The molecule has 0 heterocycles. The standard InChI is InChI=1S/C18H20ClN3O4S/c1-13-5-4-6-14(9-13)11-20-21-18(23)12-22(27(3,24)25)15-7-8-17(26-2)16(19)10-15/h4-11H,12H2,1-3H3,(H,21,23)/b20-11-. The van der Waals surface area contributed by atoms with E-state index in [2.05, 4.69) is 10.5 Å². The minimum absolute atomic E-state index is 0.238. The first-order valence-corrected chi connectivity index (χ1v) is 10.1. The van der Waals surface area contributed by atoms with Gasteiger partial charge in [0.15, 0.2) is 0 Å². The summed E-state index contributed by atoms with van der Waals surface area (Å²) in [6.45, 7) is 1.51. The van der Waals surface area contributed by atoms with Gasteiger partial charge >= 0.3 is 0 Å². The van der Waals surface area contributed by atoms with Crippen LogP contribution in [0.2, 0.25) is 5.02 Å². The molecule has 0 saturated carbocycles. The maximum absolute atomic E-state index is 12.1. The molecule has 9 heteroatoms. The number of sulfonamides is 1. The molecule has 27 heavy (non-hydrogen) atoms. The van der Waals surface area contributed by atoms with Crippen LogP contribution in [0.5, 0.6) is 5.75 Å². The Bertz CT molecular complexity index is 961. The highest BCUT2D eigenvalue weighted by Crippen LogP contribution is 2.30. The van der Waals surface area contributed by atoms with Crippen LogP contribution in [0.15, 0.2) is 47.6 Å². The highest BCUT2D eigenvalue weighted by Gasteiger charge is 2.21. The third-order valence-corrected chi connectivity index (χ3v) is 4.99. The normalized spacial score (nSPS) is 11.4. The van der Waals surface area contributed by atoms with Crippen molar-refractivity contribution in [3.63, 3.8) is 0 Å². The number of nitrogens with zero attached hydrogens (tertiary/aromatic N) is 2. The molecule has 0 aliphatic heterocycles. The molecule has 2 aromatic carbocycles. The van der Waals surface area contributed by atoms with E-state index in [1.54, 1.807) is 0 Å². The largest absolute Gasteiger partial charge is 0.495 e. The average Bonchev–Trinajstić information content (AvgIpc) is 2.59. The van der Waals surface area contributed by atoms with Crippen LogP contribution in [0.3, 0.4) is 0 Å². The van der Waals surface area contributed by atoms with Gasteiger partial charge in [0.2, 0.25) is 10.0 Å². The number of benzene rings is 2. The summed E-state index contributed by atoms with van der Waals surface area (Å²) < 4.78 is 30.2. The number of hydrazone groups is 1. The van der Waals surface area contributed by atoms with Crippen LogP contribution in [0.4, 0.5) is 5.69 Å². The van der Waals surface area contributed by atoms with Crippen LogP contribution in [0.25, 0.3) is 0 Å². The monoisotopic (exact) mass is 409 g/mol. The zero-order valence-electron chi connectivity index (χ0n) is 15.1. The second-order valence-corrected chi connectivity index (χ2v) is 8.11. The number of carbonyl (C=O) groups is 1. The lowest BCUT2D eigenvalue weighted by Crippen LogP contribution is -2.39. The molecule has 0 spiro atoms. The molecule has 0 aliphatic rings. The number of aryl methyl sites for hydroxylation is 1. The molecule has 2 aromatic rings. The Morgan fingerprint density at radius 3 is 2.63 bits per heavy atom. The van der Waals surface area contributed by atoms with Gasteiger partial charge < -0.3 is 4.74 Å². The van der Waals surface area contributed by atoms with E-state index < -0.39 is 22.5 Å². The molecule has 2 rings (SSSR count). The predicted molar refractivity (Wildman–Crippen MR) is 107 cm³/mol. The van der Waals surface area contributed by atoms with Gasteiger partial charge in [0.05, 0.1) is 30.3 Å². The van der Waals surface area contributed by atoms with Crippen LogP contribution in [-0.4, -0.2) is 40.4 Å². The van der Waals surface area contributed by atoms with Gasteiger partial charge in [0, 0.05) is 0 Å². The molecule has 0 unspecified atom stereocenters. The van der Waals surface area contributed by atoms with Crippen LogP contribution < -0.4 is 14.5 Å². The SMILES string of the molecule is COc1ccc(N(CC(=O)N/N=C\c2cccc(C)c2)S(C)(=O)=O)cc1Cl. The Morgan fingerprint density at radius 2 is 2.04 bits per heavy atom. The number of carbonyl (C=O) groups excluding carboxylic acids is 1. The van der Waals surface area contributed by atoms with E-state index in [0.717, 1.165) is 21.7 Å². The number of halogens is 1. The van der Waals surface area contributed by atoms with Crippen molar-refractivity contribution in [1.82, 2.24) is 5.43 Å². The maximum Gasteiger partial charge on any atom is 0.260 e. The van der Waals surface area contributed by atoms with Crippen molar-refractivity contribution in [2.75, 3.05) is 24.2 Å². The van der Waals surface area contributed by atoms with Crippen molar-refractivity contribution in [3.05, 3.63) is 58.6 Å². The lowest BCUT2D eigenvalue weighted by molar-refractivity contribution is -0.119. The maximum atomic E-state index is 12.1. The molecule has 0 aromatic heterocycles. The Hall–Kier alpha value is -2.58. The molecule has 1 amide bonds. The summed E-state index contributed by atoms with van der Waals surface area (Å²) in [5.41, 5.74) is 4.45. The van der Waals surface area contributed by atoms with Crippen LogP contribution in [0, 0.1) is 6.92 Å². The molecule has 0 saturated heterocycles. The fourth-order valence-corrected chi connectivity index (χ4v) is 3.41. The van der Waals surface area contributed by atoms with E-state index in [-0.39, 0.29) is 10.7 Å². The summed E-state index contributed by atoms with van der Waals surface area (Å²) in [5.74, 6) is -0.183. The third-order valence-electron chi connectivity index (χ3n) is 3.56. The van der Waals surface area contributed by atoms with Crippen LogP contribution >= 0.6 is 11.6 Å². The fraction of sp³-hybridized carbons (Fsp3) is 0.222. The summed E-state index contributed by atoms with van der Waals surface area (Å²) in [4.78, 5) is 12.1. The lowest BCUT2D eigenvalue weighted by atomic mass is 10.2. The van der Waals surface area contributed by atoms with E-state index in [9.17, 15) is 13.2 Å². The molecule has 1 N–H and O–H groups in total. The van der Waals surface area contributed by atoms with Crippen molar-refractivity contribution in [2.45, 2.75) is 6.92 Å². The first-order valence-electron chi connectivity index (χ1n) is 7.90. The first-order chi connectivity index (χ1) is 12.7. The van der Waals surface area contributed by atoms with Crippen molar-refractivity contribution >= 4 is 39.4 Å². The Morgan fingerprint density at radius 1 is 1.30 bits per heavy atom. The predicted octanol–water partition coefficient (Wildman–Crippen LogP) is 2.57. The molecule has 0 bridgehead atoms. The van der Waals surface area contributed by atoms with Gasteiger partial charge in [-0.3, -0.25) is 9.10 Å². The van der Waals surface area contributed by atoms with Crippen molar-refractivity contribution < 1.29 is 17.9 Å². The van der Waals surface area contributed by atoms with E-state index in [1.165, 1.54) is 31.5 Å². The highest BCUT2D eigenvalue weighted by molar-refractivity contribution is 7.92. The molecule has 0 atom stereocenters. The average molecular weight is 410 g/mol. The molecule has 7 nitrogen and oxygen atoms in total. The minimum Gasteiger partial charge on any atom is -0.495 e. The van der Waals surface area contributed by atoms with Crippen LogP contribution in [-0.2, 0) is 14.8 Å². The third kappa shape index (κ3) is 5.97. The molecule has 0 fully saturated rings.